The highest BCUT2D eigenvalue weighted by atomic mass is 79.9. The van der Waals surface area contributed by atoms with Crippen LogP contribution in [0.2, 0.25) is 5.02 Å². The van der Waals surface area contributed by atoms with Crippen LogP contribution in [0.25, 0.3) is 0 Å². The van der Waals surface area contributed by atoms with Crippen molar-refractivity contribution in [2.45, 2.75) is 12.5 Å². The Morgan fingerprint density at radius 3 is 2.84 bits per heavy atom. The van der Waals surface area contributed by atoms with Crippen molar-refractivity contribution in [1.29, 1.82) is 0 Å². The minimum atomic E-state index is -0.325. The van der Waals surface area contributed by atoms with Gasteiger partial charge in [0.1, 0.15) is 5.82 Å². The molecule has 1 heterocycles. The summed E-state index contributed by atoms with van der Waals surface area (Å²) < 4.78 is 14.0. The van der Waals surface area contributed by atoms with Crippen LogP contribution in [0.1, 0.15) is 17.3 Å². The fourth-order valence-corrected chi connectivity index (χ4v) is 2.67. The van der Waals surface area contributed by atoms with Crippen LogP contribution in [0.5, 0.6) is 0 Å². The molecule has 0 bridgehead atoms. The Morgan fingerprint density at radius 1 is 1.42 bits per heavy atom. The van der Waals surface area contributed by atoms with Gasteiger partial charge in [-0.3, -0.25) is 4.98 Å². The van der Waals surface area contributed by atoms with Crippen LogP contribution in [0.4, 0.5) is 4.39 Å². The van der Waals surface area contributed by atoms with Gasteiger partial charge in [-0.2, -0.15) is 0 Å². The van der Waals surface area contributed by atoms with Crippen LogP contribution in [0.15, 0.2) is 41.0 Å². The van der Waals surface area contributed by atoms with Gasteiger partial charge in [0.05, 0.1) is 11.7 Å². The molecule has 1 aromatic heterocycles. The molecule has 0 aliphatic rings. The monoisotopic (exact) mass is 342 g/mol. The molecule has 1 N–H and O–H groups in total. The zero-order valence-corrected chi connectivity index (χ0v) is 12.7. The van der Waals surface area contributed by atoms with Gasteiger partial charge in [-0.1, -0.05) is 17.7 Å². The molecule has 0 aliphatic carbocycles. The van der Waals surface area contributed by atoms with Crippen molar-refractivity contribution in [1.82, 2.24) is 10.3 Å². The van der Waals surface area contributed by atoms with E-state index in [2.05, 4.69) is 26.2 Å². The Hall–Kier alpha value is -0.970. The standard InChI is InChI=1S/C14H13BrClFN2/c1-18-13(14-11(15)3-2-6-19-14)7-9-4-5-10(17)8-12(9)16/h2-6,8,13,18H,7H2,1H3. The molecule has 0 radical (unpaired) electrons. The fraction of sp³-hybridized carbons (Fsp3) is 0.214. The number of pyridine rings is 1. The van der Waals surface area contributed by atoms with Crippen LogP contribution in [0, 0.1) is 5.82 Å². The van der Waals surface area contributed by atoms with E-state index in [1.54, 1.807) is 12.3 Å². The topological polar surface area (TPSA) is 24.9 Å². The summed E-state index contributed by atoms with van der Waals surface area (Å²) in [4.78, 5) is 4.37. The van der Waals surface area contributed by atoms with Gasteiger partial charge in [0.2, 0.25) is 0 Å². The van der Waals surface area contributed by atoms with Crippen molar-refractivity contribution in [2.24, 2.45) is 0 Å². The van der Waals surface area contributed by atoms with E-state index >= 15 is 0 Å². The minimum absolute atomic E-state index is 0.0125. The molecule has 1 aromatic carbocycles. The summed E-state index contributed by atoms with van der Waals surface area (Å²) in [5.41, 5.74) is 1.80. The predicted octanol–water partition coefficient (Wildman–Crippen LogP) is 4.14. The van der Waals surface area contributed by atoms with Gasteiger partial charge < -0.3 is 5.32 Å². The number of aromatic nitrogens is 1. The van der Waals surface area contributed by atoms with E-state index in [-0.39, 0.29) is 11.9 Å². The average Bonchev–Trinajstić information content (AvgIpc) is 2.39. The van der Waals surface area contributed by atoms with E-state index in [0.29, 0.717) is 11.4 Å². The molecule has 0 aliphatic heterocycles. The van der Waals surface area contributed by atoms with Crippen LogP contribution in [-0.4, -0.2) is 12.0 Å². The lowest BCUT2D eigenvalue weighted by Gasteiger charge is -2.17. The molecule has 2 rings (SSSR count). The van der Waals surface area contributed by atoms with Crippen molar-refractivity contribution in [3.05, 3.63) is 63.1 Å². The molecule has 1 unspecified atom stereocenters. The smallest absolute Gasteiger partial charge is 0.124 e. The summed E-state index contributed by atoms with van der Waals surface area (Å²) in [6.07, 6.45) is 2.39. The highest BCUT2D eigenvalue weighted by molar-refractivity contribution is 9.10. The Labute approximate surface area is 125 Å². The number of hydrogen-bond donors (Lipinski definition) is 1. The van der Waals surface area contributed by atoms with Crippen LogP contribution in [-0.2, 0) is 6.42 Å². The number of benzene rings is 1. The zero-order chi connectivity index (χ0) is 13.8. The first kappa shape index (κ1) is 14.4. The molecule has 1 atom stereocenters. The van der Waals surface area contributed by atoms with Crippen LogP contribution >= 0.6 is 27.5 Å². The van der Waals surface area contributed by atoms with Gasteiger partial charge >= 0.3 is 0 Å². The van der Waals surface area contributed by atoms with E-state index in [9.17, 15) is 4.39 Å². The molecule has 2 nitrogen and oxygen atoms in total. The normalized spacial score (nSPS) is 12.4. The molecule has 100 valence electrons. The van der Waals surface area contributed by atoms with Gasteiger partial charge in [0, 0.05) is 15.7 Å². The van der Waals surface area contributed by atoms with Crippen molar-refractivity contribution in [3.8, 4) is 0 Å². The van der Waals surface area contributed by atoms with E-state index < -0.39 is 0 Å². The molecule has 2 aromatic rings. The first-order chi connectivity index (χ1) is 9.11. The van der Waals surface area contributed by atoms with Crippen molar-refractivity contribution >= 4 is 27.5 Å². The maximum Gasteiger partial charge on any atom is 0.124 e. The fourth-order valence-electron chi connectivity index (χ4n) is 1.90. The summed E-state index contributed by atoms with van der Waals surface area (Å²) in [6.45, 7) is 0. The summed E-state index contributed by atoms with van der Waals surface area (Å²) in [5.74, 6) is -0.325. The van der Waals surface area contributed by atoms with Gasteiger partial charge in [-0.15, -0.1) is 0 Å². The van der Waals surface area contributed by atoms with Gasteiger partial charge in [0.25, 0.3) is 0 Å². The number of nitrogens with zero attached hydrogens (tertiary/aromatic N) is 1. The maximum atomic E-state index is 13.0. The molecule has 19 heavy (non-hydrogen) atoms. The number of rotatable bonds is 4. The number of likely N-dealkylation sites (N-methyl/N-ethyl adjacent to an activating group) is 1. The summed E-state index contributed by atoms with van der Waals surface area (Å²) in [5, 5.41) is 3.64. The first-order valence-electron chi connectivity index (χ1n) is 5.83. The Morgan fingerprint density at radius 2 is 2.21 bits per heavy atom. The molecule has 0 spiro atoms. The van der Waals surface area contributed by atoms with Crippen molar-refractivity contribution in [3.63, 3.8) is 0 Å². The highest BCUT2D eigenvalue weighted by Gasteiger charge is 2.16. The van der Waals surface area contributed by atoms with Crippen LogP contribution in [0.3, 0.4) is 0 Å². The molecule has 0 amide bonds. The third-order valence-electron chi connectivity index (χ3n) is 2.90. The third kappa shape index (κ3) is 3.53. The number of nitrogens with one attached hydrogen (secondary N) is 1. The molecular weight excluding hydrogens is 331 g/mol. The second kappa shape index (κ2) is 6.46. The van der Waals surface area contributed by atoms with E-state index in [4.69, 9.17) is 11.6 Å². The van der Waals surface area contributed by atoms with Gasteiger partial charge in [-0.05, 0) is 59.2 Å². The first-order valence-corrected chi connectivity index (χ1v) is 7.00. The van der Waals surface area contributed by atoms with E-state index in [1.165, 1.54) is 12.1 Å². The molecule has 0 saturated carbocycles. The lowest BCUT2D eigenvalue weighted by atomic mass is 10.0. The average molecular weight is 344 g/mol. The van der Waals surface area contributed by atoms with Gasteiger partial charge in [0.15, 0.2) is 0 Å². The Balaban J connectivity index is 2.27. The Kier molecular flexibility index (Phi) is 4.91. The summed E-state index contributed by atoms with van der Waals surface area (Å²) in [7, 11) is 1.86. The van der Waals surface area contributed by atoms with Crippen molar-refractivity contribution in [2.75, 3.05) is 7.05 Å². The maximum absolute atomic E-state index is 13.0. The minimum Gasteiger partial charge on any atom is -0.311 e. The third-order valence-corrected chi connectivity index (χ3v) is 3.93. The molecule has 5 heteroatoms. The van der Waals surface area contributed by atoms with Gasteiger partial charge in [-0.25, -0.2) is 4.39 Å². The quantitative estimate of drug-likeness (QED) is 0.902. The van der Waals surface area contributed by atoms with Crippen LogP contribution < -0.4 is 5.32 Å². The van der Waals surface area contributed by atoms with Crippen molar-refractivity contribution < 1.29 is 4.39 Å². The van der Waals surface area contributed by atoms with E-state index in [1.807, 2.05) is 19.2 Å². The summed E-state index contributed by atoms with van der Waals surface area (Å²) >= 11 is 9.54. The van der Waals surface area contributed by atoms with E-state index in [0.717, 1.165) is 15.7 Å². The highest BCUT2D eigenvalue weighted by Crippen LogP contribution is 2.27. The molecule has 0 saturated heterocycles. The SMILES string of the molecule is CNC(Cc1ccc(F)cc1Cl)c1ncccc1Br. The molecule has 0 fully saturated rings. The lowest BCUT2D eigenvalue weighted by Crippen LogP contribution is -2.20. The lowest BCUT2D eigenvalue weighted by molar-refractivity contribution is 0.571. The predicted molar refractivity (Wildman–Crippen MR) is 78.9 cm³/mol. The summed E-state index contributed by atoms with van der Waals surface area (Å²) in [6, 6.07) is 8.28. The Bertz CT molecular complexity index is 577. The second-order valence-electron chi connectivity index (χ2n) is 4.15. The largest absolute Gasteiger partial charge is 0.311 e. The zero-order valence-electron chi connectivity index (χ0n) is 10.3. The molecular formula is C14H13BrClFN2. The second-order valence-corrected chi connectivity index (χ2v) is 5.41. The number of halogens is 3. The number of hydrogen-bond acceptors (Lipinski definition) is 2.